The zero-order chi connectivity index (χ0) is 16.1. The molecule has 5 heteroatoms. The largest absolute Gasteiger partial charge is 0.399 e. The van der Waals surface area contributed by atoms with Crippen LogP contribution in [0.3, 0.4) is 0 Å². The van der Waals surface area contributed by atoms with Crippen LogP contribution in [0.4, 0.5) is 11.4 Å². The molecule has 0 aliphatic heterocycles. The van der Waals surface area contributed by atoms with Gasteiger partial charge >= 0.3 is 0 Å². The van der Waals surface area contributed by atoms with Crippen LogP contribution in [0, 0.1) is 5.92 Å². The molecule has 0 aromatic heterocycles. The topological polar surface area (TPSA) is 64.4 Å². The van der Waals surface area contributed by atoms with Crippen molar-refractivity contribution in [3.63, 3.8) is 0 Å². The van der Waals surface area contributed by atoms with Gasteiger partial charge in [-0.25, -0.2) is 0 Å². The first-order chi connectivity index (χ1) is 11.2. The van der Waals surface area contributed by atoms with Gasteiger partial charge in [-0.2, -0.15) is 0 Å². The molecule has 1 amide bonds. The lowest BCUT2D eigenvalue weighted by Crippen LogP contribution is -2.14. The summed E-state index contributed by atoms with van der Waals surface area (Å²) in [5, 5.41) is 2.93. The molecule has 3 N–H and O–H groups in total. The Morgan fingerprint density at radius 3 is 2.58 bits per heavy atom. The Balaban J connectivity index is 0.00000208. The first kappa shape index (κ1) is 18.3. The van der Waals surface area contributed by atoms with E-state index in [0.717, 1.165) is 29.3 Å². The van der Waals surface area contributed by atoms with E-state index in [1.807, 2.05) is 36.4 Å². The summed E-state index contributed by atoms with van der Waals surface area (Å²) in [6.45, 7) is 1.44. The van der Waals surface area contributed by atoms with E-state index >= 15 is 0 Å². The summed E-state index contributed by atoms with van der Waals surface area (Å²) in [4.78, 5) is 12.1. The zero-order valence-electron chi connectivity index (χ0n) is 13.5. The van der Waals surface area contributed by atoms with Crippen molar-refractivity contribution in [1.82, 2.24) is 0 Å². The molecule has 1 aliphatic carbocycles. The van der Waals surface area contributed by atoms with Gasteiger partial charge in [0.2, 0.25) is 5.91 Å². The molecule has 0 saturated heterocycles. The molecule has 2 aromatic rings. The van der Waals surface area contributed by atoms with Crippen molar-refractivity contribution >= 4 is 29.7 Å². The second kappa shape index (κ2) is 8.71. The van der Waals surface area contributed by atoms with E-state index in [0.29, 0.717) is 18.7 Å². The summed E-state index contributed by atoms with van der Waals surface area (Å²) in [7, 11) is 0. The number of carbonyl (C=O) groups is 1. The lowest BCUT2D eigenvalue weighted by molar-refractivity contribution is -0.115. The van der Waals surface area contributed by atoms with Crippen molar-refractivity contribution < 1.29 is 9.53 Å². The van der Waals surface area contributed by atoms with Crippen LogP contribution in [0.25, 0.3) is 0 Å². The van der Waals surface area contributed by atoms with Gasteiger partial charge in [-0.15, -0.1) is 12.4 Å². The van der Waals surface area contributed by atoms with Crippen LogP contribution in [0.15, 0.2) is 48.5 Å². The Morgan fingerprint density at radius 1 is 1.12 bits per heavy atom. The highest BCUT2D eigenvalue weighted by Crippen LogP contribution is 2.29. The van der Waals surface area contributed by atoms with Gasteiger partial charge in [0.05, 0.1) is 13.0 Å². The van der Waals surface area contributed by atoms with Crippen molar-refractivity contribution in [2.45, 2.75) is 25.9 Å². The van der Waals surface area contributed by atoms with Crippen LogP contribution in [0.5, 0.6) is 0 Å². The maximum atomic E-state index is 12.1. The average molecular weight is 347 g/mol. The van der Waals surface area contributed by atoms with Crippen molar-refractivity contribution in [1.29, 1.82) is 0 Å². The summed E-state index contributed by atoms with van der Waals surface area (Å²) in [5.41, 5.74) is 9.18. The maximum absolute atomic E-state index is 12.1. The molecular weight excluding hydrogens is 324 g/mol. The lowest BCUT2D eigenvalue weighted by atomic mass is 10.1. The van der Waals surface area contributed by atoms with Gasteiger partial charge in [-0.3, -0.25) is 4.79 Å². The van der Waals surface area contributed by atoms with E-state index < -0.39 is 0 Å². The first-order valence-electron chi connectivity index (χ1n) is 8.00. The molecule has 2 aromatic carbocycles. The molecule has 0 atom stereocenters. The minimum Gasteiger partial charge on any atom is -0.399 e. The lowest BCUT2D eigenvalue weighted by Gasteiger charge is -2.08. The summed E-state index contributed by atoms with van der Waals surface area (Å²) < 4.78 is 5.69. The molecule has 128 valence electrons. The standard InChI is InChI=1S/C19H22N2O2.ClH/c20-17-8-6-14(7-9-17)11-19(22)21-18-3-1-2-16(10-18)13-23-12-15-4-5-15;/h1-3,6-10,15H,4-5,11-13,20H2,(H,21,22);1H. The minimum absolute atomic E-state index is 0. The summed E-state index contributed by atoms with van der Waals surface area (Å²) in [6, 6.07) is 15.2. The number of ether oxygens (including phenoxy) is 1. The molecular formula is C19H23ClN2O2. The monoisotopic (exact) mass is 346 g/mol. The second-order valence-electron chi connectivity index (χ2n) is 6.13. The Morgan fingerprint density at radius 2 is 1.88 bits per heavy atom. The smallest absolute Gasteiger partial charge is 0.228 e. The molecule has 0 radical (unpaired) electrons. The molecule has 0 spiro atoms. The Labute approximate surface area is 148 Å². The molecule has 1 aliphatic rings. The van der Waals surface area contributed by atoms with E-state index in [1.165, 1.54) is 12.8 Å². The number of anilines is 2. The van der Waals surface area contributed by atoms with E-state index in [1.54, 1.807) is 12.1 Å². The Bertz CT molecular complexity index is 669. The third kappa shape index (κ3) is 5.87. The van der Waals surface area contributed by atoms with Crippen LogP contribution >= 0.6 is 12.4 Å². The van der Waals surface area contributed by atoms with E-state index in [2.05, 4.69) is 5.32 Å². The van der Waals surface area contributed by atoms with Gasteiger partial charge in [0.25, 0.3) is 0 Å². The average Bonchev–Trinajstić information content (AvgIpc) is 3.34. The third-order valence-corrected chi connectivity index (χ3v) is 3.87. The highest BCUT2D eigenvalue weighted by atomic mass is 35.5. The number of nitrogens with one attached hydrogen (secondary N) is 1. The molecule has 0 heterocycles. The van der Waals surface area contributed by atoms with Gasteiger partial charge in [-0.05, 0) is 54.2 Å². The number of benzene rings is 2. The van der Waals surface area contributed by atoms with E-state index in [-0.39, 0.29) is 18.3 Å². The highest BCUT2D eigenvalue weighted by Gasteiger charge is 2.21. The van der Waals surface area contributed by atoms with Gasteiger partial charge in [0, 0.05) is 18.0 Å². The summed E-state index contributed by atoms with van der Waals surface area (Å²) in [5.74, 6) is 0.726. The van der Waals surface area contributed by atoms with E-state index in [9.17, 15) is 4.79 Å². The molecule has 4 nitrogen and oxygen atoms in total. The maximum Gasteiger partial charge on any atom is 0.228 e. The number of carbonyl (C=O) groups excluding carboxylic acids is 1. The van der Waals surface area contributed by atoms with Crippen molar-refractivity contribution in [2.24, 2.45) is 5.92 Å². The van der Waals surface area contributed by atoms with Crippen LogP contribution in [0.1, 0.15) is 24.0 Å². The number of hydrogen-bond donors (Lipinski definition) is 2. The van der Waals surface area contributed by atoms with Crippen LogP contribution in [0.2, 0.25) is 0 Å². The number of hydrogen-bond acceptors (Lipinski definition) is 3. The molecule has 24 heavy (non-hydrogen) atoms. The third-order valence-electron chi connectivity index (χ3n) is 3.87. The molecule has 1 saturated carbocycles. The fraction of sp³-hybridized carbons (Fsp3) is 0.316. The summed E-state index contributed by atoms with van der Waals surface area (Å²) in [6.07, 6.45) is 2.92. The van der Waals surface area contributed by atoms with Gasteiger partial charge < -0.3 is 15.8 Å². The molecule has 0 bridgehead atoms. The van der Waals surface area contributed by atoms with Crippen molar-refractivity contribution in [2.75, 3.05) is 17.7 Å². The van der Waals surface area contributed by atoms with Gasteiger partial charge in [-0.1, -0.05) is 24.3 Å². The fourth-order valence-corrected chi connectivity index (χ4v) is 2.39. The number of nitrogen functional groups attached to an aromatic ring is 1. The second-order valence-corrected chi connectivity index (χ2v) is 6.13. The normalized spacial score (nSPS) is 13.2. The van der Waals surface area contributed by atoms with E-state index in [4.69, 9.17) is 10.5 Å². The van der Waals surface area contributed by atoms with Crippen LogP contribution in [-0.4, -0.2) is 12.5 Å². The predicted octanol–water partition coefficient (Wildman–Crippen LogP) is 3.80. The number of amides is 1. The Hall–Kier alpha value is -2.04. The predicted molar refractivity (Wildman–Crippen MR) is 99.3 cm³/mol. The molecule has 0 unspecified atom stereocenters. The SMILES string of the molecule is Cl.Nc1ccc(CC(=O)Nc2cccc(COCC3CC3)c2)cc1. The highest BCUT2D eigenvalue weighted by molar-refractivity contribution is 5.92. The summed E-state index contributed by atoms with van der Waals surface area (Å²) >= 11 is 0. The van der Waals surface area contributed by atoms with Crippen LogP contribution in [-0.2, 0) is 22.6 Å². The first-order valence-corrected chi connectivity index (χ1v) is 8.00. The van der Waals surface area contributed by atoms with Crippen molar-refractivity contribution in [3.8, 4) is 0 Å². The van der Waals surface area contributed by atoms with Crippen LogP contribution < -0.4 is 11.1 Å². The van der Waals surface area contributed by atoms with Gasteiger partial charge in [0.15, 0.2) is 0 Å². The molecule has 3 rings (SSSR count). The van der Waals surface area contributed by atoms with Crippen molar-refractivity contribution in [3.05, 3.63) is 59.7 Å². The quantitative estimate of drug-likeness (QED) is 0.749. The number of nitrogens with two attached hydrogens (primary N) is 1. The minimum atomic E-state index is -0.0363. The number of halogens is 1. The Kier molecular flexibility index (Phi) is 6.64. The zero-order valence-corrected chi connectivity index (χ0v) is 14.4. The van der Waals surface area contributed by atoms with Gasteiger partial charge in [0.1, 0.15) is 0 Å². The number of rotatable bonds is 7. The fourth-order valence-electron chi connectivity index (χ4n) is 2.39. The molecule has 1 fully saturated rings.